The number of benzene rings is 3. The molecule has 0 saturated carbocycles. The first-order valence-electron chi connectivity index (χ1n) is 11.5. The fourth-order valence-electron chi connectivity index (χ4n) is 3.75. The van der Waals surface area contributed by atoms with E-state index in [9.17, 15) is 4.79 Å². The molecule has 0 saturated heterocycles. The van der Waals surface area contributed by atoms with Gasteiger partial charge in [-0.2, -0.15) is 4.98 Å². The third-order valence-corrected chi connectivity index (χ3v) is 6.24. The molecule has 9 heteroatoms. The highest BCUT2D eigenvalue weighted by Crippen LogP contribution is 2.24. The lowest BCUT2D eigenvalue weighted by molar-refractivity contribution is 0.0601. The zero-order valence-electron chi connectivity index (χ0n) is 20.0. The Morgan fingerprint density at radius 3 is 2.24 bits per heavy atom. The van der Waals surface area contributed by atoms with Gasteiger partial charge >= 0.3 is 5.97 Å². The van der Waals surface area contributed by atoms with Gasteiger partial charge in [0.2, 0.25) is 5.95 Å². The van der Waals surface area contributed by atoms with E-state index in [1.807, 2.05) is 66.7 Å². The topological polar surface area (TPSA) is 100.0 Å². The third kappa shape index (κ3) is 6.84. The van der Waals surface area contributed by atoms with E-state index in [2.05, 4.69) is 20.6 Å². The van der Waals surface area contributed by atoms with Crippen LogP contribution in [0.5, 0.6) is 0 Å². The molecule has 0 amide bonds. The Hall–Kier alpha value is -3.94. The lowest BCUT2D eigenvalue weighted by Crippen LogP contribution is -2.23. The number of hydrogen-bond donors (Lipinski definition) is 3. The van der Waals surface area contributed by atoms with E-state index >= 15 is 0 Å². The molecular weight excluding hydrogens is 509 g/mol. The molecule has 0 bridgehead atoms. The Labute approximate surface area is 225 Å². The van der Waals surface area contributed by atoms with E-state index in [4.69, 9.17) is 33.3 Å². The number of halogens is 2. The predicted octanol–water partition coefficient (Wildman–Crippen LogP) is 6.45. The molecule has 0 aliphatic carbocycles. The van der Waals surface area contributed by atoms with Crippen molar-refractivity contribution in [3.05, 3.63) is 117 Å². The molecule has 1 unspecified atom stereocenters. The normalized spacial score (nSPS) is 11.4. The highest BCUT2D eigenvalue weighted by molar-refractivity contribution is 6.30. The monoisotopic (exact) mass is 533 g/mol. The minimum absolute atomic E-state index is 0.198. The Morgan fingerprint density at radius 1 is 0.946 bits per heavy atom. The van der Waals surface area contributed by atoms with Gasteiger partial charge in [0.1, 0.15) is 11.4 Å². The van der Waals surface area contributed by atoms with Crippen molar-refractivity contribution in [3.8, 4) is 0 Å². The molecule has 188 valence electrons. The number of rotatable bonds is 10. The maximum absolute atomic E-state index is 12.4. The first-order valence-corrected chi connectivity index (χ1v) is 12.3. The number of methoxy groups -OCH3 is 1. The van der Waals surface area contributed by atoms with Crippen LogP contribution in [0.15, 0.2) is 85.1 Å². The van der Waals surface area contributed by atoms with Gasteiger partial charge in [0.15, 0.2) is 0 Å². The quantitative estimate of drug-likeness (QED) is 0.160. The van der Waals surface area contributed by atoms with Crippen LogP contribution in [0, 0.1) is 5.41 Å². The summed E-state index contributed by atoms with van der Waals surface area (Å²) in [5, 5.41) is 16.6. The van der Waals surface area contributed by atoms with Crippen LogP contribution in [0.1, 0.15) is 33.0 Å². The molecule has 3 aromatic carbocycles. The number of anilines is 2. The summed E-state index contributed by atoms with van der Waals surface area (Å²) in [6, 6.07) is 24.3. The summed E-state index contributed by atoms with van der Waals surface area (Å²) in [5.41, 5.74) is 3.31. The molecular formula is C28H25Cl2N5O2. The summed E-state index contributed by atoms with van der Waals surface area (Å²) in [6.45, 7) is 0.783. The number of nitrogens with zero attached hydrogens (tertiary/aromatic N) is 2. The lowest BCUT2D eigenvalue weighted by atomic mass is 9.90. The SMILES string of the molecule is COC(=O)c1cnc(NCc2ccc(Cl)cc2)nc1NCC(C(=N)c1ccc(Cl)cc1)c1ccccc1. The number of nitrogens with one attached hydrogen (secondary N) is 3. The first kappa shape index (κ1) is 26.1. The lowest BCUT2D eigenvalue weighted by Gasteiger charge is -2.21. The number of hydrogen-bond acceptors (Lipinski definition) is 7. The Morgan fingerprint density at radius 2 is 1.59 bits per heavy atom. The van der Waals surface area contributed by atoms with Crippen LogP contribution >= 0.6 is 23.2 Å². The van der Waals surface area contributed by atoms with E-state index in [1.165, 1.54) is 13.3 Å². The number of esters is 1. The molecule has 0 radical (unpaired) electrons. The van der Waals surface area contributed by atoms with Gasteiger partial charge in [0, 0.05) is 41.0 Å². The molecule has 3 N–H and O–H groups in total. The fourth-order valence-corrected chi connectivity index (χ4v) is 4.00. The maximum Gasteiger partial charge on any atom is 0.343 e. The average Bonchev–Trinajstić information content (AvgIpc) is 2.93. The van der Waals surface area contributed by atoms with Crippen LogP contribution in [-0.4, -0.2) is 35.3 Å². The molecule has 37 heavy (non-hydrogen) atoms. The molecule has 0 aliphatic rings. The highest BCUT2D eigenvalue weighted by Gasteiger charge is 2.21. The second-order valence-corrected chi connectivity index (χ2v) is 9.07. The Kier molecular flexibility index (Phi) is 8.72. The van der Waals surface area contributed by atoms with E-state index in [0.717, 1.165) is 16.7 Å². The van der Waals surface area contributed by atoms with E-state index in [0.29, 0.717) is 40.6 Å². The van der Waals surface area contributed by atoms with Gasteiger partial charge in [-0.3, -0.25) is 0 Å². The number of carbonyl (C=O) groups is 1. The minimum Gasteiger partial charge on any atom is -0.465 e. The van der Waals surface area contributed by atoms with E-state index in [-0.39, 0.29) is 11.5 Å². The van der Waals surface area contributed by atoms with Crippen molar-refractivity contribution in [2.45, 2.75) is 12.5 Å². The summed E-state index contributed by atoms with van der Waals surface area (Å²) >= 11 is 12.0. The highest BCUT2D eigenvalue weighted by atomic mass is 35.5. The van der Waals surface area contributed by atoms with Crippen LogP contribution in [-0.2, 0) is 11.3 Å². The molecule has 0 aliphatic heterocycles. The van der Waals surface area contributed by atoms with Crippen molar-refractivity contribution in [2.24, 2.45) is 0 Å². The molecule has 4 aromatic rings. The third-order valence-electron chi connectivity index (χ3n) is 5.74. The molecule has 1 aromatic heterocycles. The van der Waals surface area contributed by atoms with Gasteiger partial charge < -0.3 is 20.8 Å². The molecule has 1 heterocycles. The summed E-state index contributed by atoms with van der Waals surface area (Å²) in [5.74, 6) is -0.233. The second-order valence-electron chi connectivity index (χ2n) is 8.19. The van der Waals surface area contributed by atoms with Gasteiger partial charge in [0.25, 0.3) is 0 Å². The Balaban J connectivity index is 1.58. The van der Waals surface area contributed by atoms with Crippen molar-refractivity contribution >= 4 is 46.6 Å². The molecule has 0 fully saturated rings. The van der Waals surface area contributed by atoms with E-state index in [1.54, 1.807) is 12.1 Å². The van der Waals surface area contributed by atoms with Crippen LogP contribution in [0.3, 0.4) is 0 Å². The largest absolute Gasteiger partial charge is 0.465 e. The molecule has 0 spiro atoms. The Bertz CT molecular complexity index is 1360. The first-order chi connectivity index (χ1) is 17.9. The van der Waals surface area contributed by atoms with Crippen LogP contribution in [0.2, 0.25) is 10.0 Å². The molecule has 7 nitrogen and oxygen atoms in total. The number of aromatic nitrogens is 2. The standard InChI is InChI=1S/C28H25Cl2N5O2/c1-37-27(36)24-17-34-28(33-15-18-7-11-21(29)12-8-18)35-26(24)32-16-23(19-5-3-2-4-6-19)25(31)20-9-13-22(30)14-10-20/h2-14,17,23,31H,15-16H2,1H3,(H2,32,33,34,35). The van der Waals surface area contributed by atoms with Crippen molar-refractivity contribution in [2.75, 3.05) is 24.3 Å². The van der Waals surface area contributed by atoms with E-state index < -0.39 is 5.97 Å². The van der Waals surface area contributed by atoms with Crippen molar-refractivity contribution in [3.63, 3.8) is 0 Å². The maximum atomic E-state index is 12.4. The second kappa shape index (κ2) is 12.3. The smallest absolute Gasteiger partial charge is 0.343 e. The van der Waals surface area contributed by atoms with Gasteiger partial charge in [-0.15, -0.1) is 0 Å². The summed E-state index contributed by atoms with van der Waals surface area (Å²) < 4.78 is 4.93. The predicted molar refractivity (Wildman–Crippen MR) is 148 cm³/mol. The van der Waals surface area contributed by atoms with Gasteiger partial charge in [-0.05, 0) is 41.0 Å². The number of ether oxygens (including phenoxy) is 1. The van der Waals surface area contributed by atoms with Crippen LogP contribution < -0.4 is 10.6 Å². The number of carbonyl (C=O) groups excluding carboxylic acids is 1. The summed E-state index contributed by atoms with van der Waals surface area (Å²) in [7, 11) is 1.31. The average molecular weight is 534 g/mol. The summed E-state index contributed by atoms with van der Waals surface area (Å²) in [6.07, 6.45) is 1.42. The fraction of sp³-hybridized carbons (Fsp3) is 0.143. The zero-order valence-corrected chi connectivity index (χ0v) is 21.6. The molecule has 1 atom stereocenters. The van der Waals surface area contributed by atoms with Gasteiger partial charge in [-0.1, -0.05) is 77.8 Å². The van der Waals surface area contributed by atoms with Crippen molar-refractivity contribution in [1.29, 1.82) is 5.41 Å². The molecule has 4 rings (SSSR count). The minimum atomic E-state index is -0.559. The van der Waals surface area contributed by atoms with Gasteiger partial charge in [0.05, 0.1) is 7.11 Å². The zero-order chi connectivity index (χ0) is 26.2. The van der Waals surface area contributed by atoms with Gasteiger partial charge in [-0.25, -0.2) is 9.78 Å². The van der Waals surface area contributed by atoms with Crippen LogP contribution in [0.25, 0.3) is 0 Å². The van der Waals surface area contributed by atoms with Crippen molar-refractivity contribution in [1.82, 2.24) is 9.97 Å². The summed E-state index contributed by atoms with van der Waals surface area (Å²) in [4.78, 5) is 21.2. The van der Waals surface area contributed by atoms with Crippen LogP contribution in [0.4, 0.5) is 11.8 Å². The van der Waals surface area contributed by atoms with Crippen molar-refractivity contribution < 1.29 is 9.53 Å².